The lowest BCUT2D eigenvalue weighted by Crippen LogP contribution is -2.43. The molecule has 1 aliphatic rings. The number of hydrogen-bond acceptors (Lipinski definition) is 4. The summed E-state index contributed by atoms with van der Waals surface area (Å²) in [5, 5.41) is 3.09. The van der Waals surface area contributed by atoms with Crippen LogP contribution in [-0.2, 0) is 11.3 Å². The molecule has 0 spiro atoms. The molecule has 0 saturated carbocycles. The van der Waals surface area contributed by atoms with Crippen molar-refractivity contribution in [3.05, 3.63) is 90.0 Å². The molecule has 5 heteroatoms. The Labute approximate surface area is 190 Å². The molecule has 0 aliphatic carbocycles. The molecular weight excluding hydrogens is 400 g/mol. The van der Waals surface area contributed by atoms with Gasteiger partial charge in [-0.25, -0.2) is 0 Å². The van der Waals surface area contributed by atoms with E-state index >= 15 is 0 Å². The van der Waals surface area contributed by atoms with E-state index in [0.29, 0.717) is 23.1 Å². The minimum atomic E-state index is -0.106. The normalized spacial score (nSPS) is 18.7. The van der Waals surface area contributed by atoms with Gasteiger partial charge in [0.05, 0.1) is 20.1 Å². The Morgan fingerprint density at radius 3 is 2.28 bits per heavy atom. The molecular formula is C27H30N2O3. The van der Waals surface area contributed by atoms with Gasteiger partial charge >= 0.3 is 0 Å². The zero-order valence-corrected chi connectivity index (χ0v) is 18.7. The lowest BCUT2D eigenvalue weighted by molar-refractivity contribution is -0.121. The zero-order valence-electron chi connectivity index (χ0n) is 18.7. The van der Waals surface area contributed by atoms with E-state index in [9.17, 15) is 4.79 Å². The molecule has 5 nitrogen and oxygen atoms in total. The van der Waals surface area contributed by atoms with Gasteiger partial charge in [0.1, 0.15) is 0 Å². The second-order valence-electron chi connectivity index (χ2n) is 8.28. The summed E-state index contributed by atoms with van der Waals surface area (Å²) in [4.78, 5) is 15.7. The fourth-order valence-electron chi connectivity index (χ4n) is 4.48. The summed E-state index contributed by atoms with van der Waals surface area (Å²) < 4.78 is 10.7. The standard InChI is InChI=1S/C27H30N2O3/c1-31-25-14-13-24(16-26(25)32-2)28-27(30)23-15-22(21-11-7-4-8-12-21)18-29(19-23)17-20-9-5-3-6-10-20/h3-14,16,22-23H,15,17-19H2,1-2H3,(H,28,30). The number of nitrogens with one attached hydrogen (secondary N) is 1. The first kappa shape index (κ1) is 21.9. The Hall–Kier alpha value is -3.31. The molecule has 1 amide bonds. The number of methoxy groups -OCH3 is 2. The van der Waals surface area contributed by atoms with E-state index in [-0.39, 0.29) is 11.8 Å². The molecule has 166 valence electrons. The van der Waals surface area contributed by atoms with Gasteiger partial charge in [-0.2, -0.15) is 0 Å². The molecule has 3 aromatic rings. The van der Waals surface area contributed by atoms with Crippen LogP contribution in [-0.4, -0.2) is 38.1 Å². The number of anilines is 1. The van der Waals surface area contributed by atoms with Gasteiger partial charge < -0.3 is 14.8 Å². The van der Waals surface area contributed by atoms with E-state index in [1.165, 1.54) is 11.1 Å². The largest absolute Gasteiger partial charge is 0.493 e. The van der Waals surface area contributed by atoms with Gasteiger partial charge in [-0.1, -0.05) is 60.7 Å². The molecule has 1 N–H and O–H groups in total. The number of ether oxygens (including phenoxy) is 2. The maximum atomic E-state index is 13.3. The van der Waals surface area contributed by atoms with Crippen molar-refractivity contribution in [1.29, 1.82) is 0 Å². The van der Waals surface area contributed by atoms with Crippen LogP contribution in [0.1, 0.15) is 23.5 Å². The highest BCUT2D eigenvalue weighted by Gasteiger charge is 2.32. The number of likely N-dealkylation sites (tertiary alicyclic amines) is 1. The maximum absolute atomic E-state index is 13.3. The third kappa shape index (κ3) is 5.29. The first-order chi connectivity index (χ1) is 15.7. The fourth-order valence-corrected chi connectivity index (χ4v) is 4.48. The van der Waals surface area contributed by atoms with Crippen molar-refractivity contribution >= 4 is 11.6 Å². The van der Waals surface area contributed by atoms with Crippen LogP contribution in [0, 0.1) is 5.92 Å². The highest BCUT2D eigenvalue weighted by atomic mass is 16.5. The van der Waals surface area contributed by atoms with Crippen molar-refractivity contribution in [2.45, 2.75) is 18.9 Å². The molecule has 2 atom stereocenters. The van der Waals surface area contributed by atoms with E-state index in [1.54, 1.807) is 20.3 Å². The quantitative estimate of drug-likeness (QED) is 0.576. The molecule has 0 bridgehead atoms. The van der Waals surface area contributed by atoms with E-state index in [4.69, 9.17) is 9.47 Å². The third-order valence-electron chi connectivity index (χ3n) is 6.07. The number of benzene rings is 3. The van der Waals surface area contributed by atoms with Crippen LogP contribution in [0.15, 0.2) is 78.9 Å². The van der Waals surface area contributed by atoms with Gasteiger partial charge in [0.25, 0.3) is 0 Å². The SMILES string of the molecule is COc1ccc(NC(=O)C2CC(c3ccccc3)CN(Cc3ccccc3)C2)cc1OC. The Bertz CT molecular complexity index is 1020. The van der Waals surface area contributed by atoms with Crippen molar-refractivity contribution in [2.75, 3.05) is 32.6 Å². The number of piperidine rings is 1. The van der Waals surface area contributed by atoms with Crippen molar-refractivity contribution in [3.63, 3.8) is 0 Å². The Morgan fingerprint density at radius 1 is 0.906 bits per heavy atom. The lowest BCUT2D eigenvalue weighted by atomic mass is 9.84. The van der Waals surface area contributed by atoms with Gasteiger partial charge in [0.15, 0.2) is 11.5 Å². The summed E-state index contributed by atoms with van der Waals surface area (Å²) in [5.41, 5.74) is 3.26. The number of carbonyl (C=O) groups excluding carboxylic acids is 1. The first-order valence-electron chi connectivity index (χ1n) is 11.0. The molecule has 1 fully saturated rings. The fraction of sp³-hybridized carbons (Fsp3) is 0.296. The van der Waals surface area contributed by atoms with Gasteiger partial charge in [-0.05, 0) is 35.6 Å². The van der Waals surface area contributed by atoms with Crippen LogP contribution >= 0.6 is 0 Å². The third-order valence-corrected chi connectivity index (χ3v) is 6.07. The van der Waals surface area contributed by atoms with Gasteiger partial charge in [-0.15, -0.1) is 0 Å². The van der Waals surface area contributed by atoms with Crippen molar-refractivity contribution in [1.82, 2.24) is 4.90 Å². The van der Waals surface area contributed by atoms with E-state index in [0.717, 1.165) is 26.1 Å². The highest BCUT2D eigenvalue weighted by molar-refractivity contribution is 5.93. The number of hydrogen-bond donors (Lipinski definition) is 1. The van der Waals surface area contributed by atoms with Gasteiger partial charge in [0, 0.05) is 31.4 Å². The van der Waals surface area contributed by atoms with Crippen molar-refractivity contribution < 1.29 is 14.3 Å². The molecule has 3 aromatic carbocycles. The van der Waals surface area contributed by atoms with Crippen LogP contribution in [0.25, 0.3) is 0 Å². The van der Waals surface area contributed by atoms with Crippen molar-refractivity contribution in [2.24, 2.45) is 5.92 Å². The molecule has 1 aliphatic heterocycles. The van der Waals surface area contributed by atoms with E-state index in [2.05, 4.69) is 58.7 Å². The number of nitrogens with zero attached hydrogens (tertiary/aromatic N) is 1. The van der Waals surface area contributed by atoms with Crippen molar-refractivity contribution in [3.8, 4) is 11.5 Å². The number of amides is 1. The summed E-state index contributed by atoms with van der Waals surface area (Å²) in [7, 11) is 3.19. The topological polar surface area (TPSA) is 50.8 Å². The molecule has 4 rings (SSSR count). The summed E-state index contributed by atoms with van der Waals surface area (Å²) in [6.07, 6.45) is 0.828. The van der Waals surface area contributed by atoms with Gasteiger partial charge in [-0.3, -0.25) is 9.69 Å². The second-order valence-corrected chi connectivity index (χ2v) is 8.28. The summed E-state index contributed by atoms with van der Waals surface area (Å²) >= 11 is 0. The van der Waals surface area contributed by atoms with E-state index in [1.807, 2.05) is 24.3 Å². The predicted octanol–water partition coefficient (Wildman–Crippen LogP) is 4.95. The molecule has 2 unspecified atom stereocenters. The monoisotopic (exact) mass is 430 g/mol. The summed E-state index contributed by atoms with van der Waals surface area (Å²) in [6, 6.07) is 26.4. The molecule has 0 aromatic heterocycles. The van der Waals surface area contributed by atoms with Crippen LogP contribution in [0.3, 0.4) is 0 Å². The second kappa shape index (κ2) is 10.3. The lowest BCUT2D eigenvalue weighted by Gasteiger charge is -2.37. The Balaban J connectivity index is 1.52. The summed E-state index contributed by atoms with van der Waals surface area (Å²) in [5.74, 6) is 1.49. The highest BCUT2D eigenvalue weighted by Crippen LogP contribution is 2.33. The number of rotatable bonds is 7. The van der Waals surface area contributed by atoms with Gasteiger partial charge in [0.2, 0.25) is 5.91 Å². The minimum Gasteiger partial charge on any atom is -0.493 e. The Kier molecular flexibility index (Phi) is 7.07. The average molecular weight is 431 g/mol. The molecule has 0 radical (unpaired) electrons. The molecule has 1 saturated heterocycles. The first-order valence-corrected chi connectivity index (χ1v) is 11.0. The van der Waals surface area contributed by atoms with E-state index < -0.39 is 0 Å². The summed E-state index contributed by atoms with van der Waals surface area (Å²) in [6.45, 7) is 2.51. The molecule has 1 heterocycles. The van der Waals surface area contributed by atoms with Crippen LogP contribution in [0.4, 0.5) is 5.69 Å². The smallest absolute Gasteiger partial charge is 0.228 e. The van der Waals surface area contributed by atoms with Crippen LogP contribution in [0.5, 0.6) is 11.5 Å². The molecule has 32 heavy (non-hydrogen) atoms. The predicted molar refractivity (Wildman–Crippen MR) is 127 cm³/mol. The minimum absolute atomic E-state index is 0.0379. The number of carbonyl (C=O) groups is 1. The average Bonchev–Trinajstić information content (AvgIpc) is 2.85. The van der Waals surface area contributed by atoms with Crippen LogP contribution in [0.2, 0.25) is 0 Å². The van der Waals surface area contributed by atoms with Crippen LogP contribution < -0.4 is 14.8 Å². The zero-order chi connectivity index (χ0) is 22.3. The Morgan fingerprint density at radius 2 is 1.59 bits per heavy atom. The maximum Gasteiger partial charge on any atom is 0.228 e.